The van der Waals surface area contributed by atoms with Crippen LogP contribution >= 0.6 is 15.9 Å². The van der Waals surface area contributed by atoms with Crippen LogP contribution in [0.25, 0.3) is 5.65 Å². The van der Waals surface area contributed by atoms with Crippen molar-refractivity contribution in [3.63, 3.8) is 0 Å². The van der Waals surface area contributed by atoms with Gasteiger partial charge < -0.3 is 10.1 Å². The summed E-state index contributed by atoms with van der Waals surface area (Å²) in [5.74, 6) is 0.943. The van der Waals surface area contributed by atoms with Gasteiger partial charge in [-0.1, -0.05) is 13.8 Å². The van der Waals surface area contributed by atoms with Crippen LogP contribution in [-0.4, -0.2) is 33.9 Å². The Labute approximate surface area is 139 Å². The molecule has 2 aromatic rings. The second-order valence-electron chi connectivity index (χ2n) is 6.00. The highest BCUT2D eigenvalue weighted by molar-refractivity contribution is 9.10. The van der Waals surface area contributed by atoms with E-state index in [2.05, 4.69) is 45.3 Å². The van der Waals surface area contributed by atoms with Crippen LogP contribution in [0.3, 0.4) is 0 Å². The van der Waals surface area contributed by atoms with E-state index in [0.717, 1.165) is 41.8 Å². The normalized spacial score (nSPS) is 23.6. The van der Waals surface area contributed by atoms with E-state index >= 15 is 0 Å². The number of hydrogen-bond donors (Lipinski definition) is 1. The maximum absolute atomic E-state index is 5.66. The van der Waals surface area contributed by atoms with Gasteiger partial charge >= 0.3 is 0 Å². The van der Waals surface area contributed by atoms with Gasteiger partial charge in [0.1, 0.15) is 0 Å². The first-order valence-corrected chi connectivity index (χ1v) is 8.69. The Kier molecular flexibility index (Phi) is 4.52. The van der Waals surface area contributed by atoms with Gasteiger partial charge in [-0.2, -0.15) is 0 Å². The molecule has 1 aliphatic rings. The largest absolute Gasteiger partial charge is 0.381 e. The van der Waals surface area contributed by atoms with Gasteiger partial charge in [-0.25, -0.2) is 0 Å². The molecule has 0 spiro atoms. The van der Waals surface area contributed by atoms with Crippen LogP contribution in [0.4, 0.5) is 0 Å². The second-order valence-corrected chi connectivity index (χ2v) is 6.85. The summed E-state index contributed by atoms with van der Waals surface area (Å²) in [6.07, 6.45) is 5.70. The molecule has 5 nitrogen and oxygen atoms in total. The summed E-state index contributed by atoms with van der Waals surface area (Å²) in [5.41, 5.74) is 1.11. The molecule has 0 radical (unpaired) electrons. The van der Waals surface area contributed by atoms with Crippen molar-refractivity contribution in [1.29, 1.82) is 0 Å². The summed E-state index contributed by atoms with van der Waals surface area (Å²) < 4.78 is 8.65. The van der Waals surface area contributed by atoms with E-state index in [1.165, 1.54) is 0 Å². The molecule has 0 amide bonds. The minimum absolute atomic E-state index is 0.246. The summed E-state index contributed by atoms with van der Waals surface area (Å²) in [6.45, 7) is 5.24. The van der Waals surface area contributed by atoms with Gasteiger partial charge in [0.25, 0.3) is 0 Å². The van der Waals surface area contributed by atoms with Gasteiger partial charge in [0.15, 0.2) is 11.5 Å². The Morgan fingerprint density at radius 1 is 1.41 bits per heavy atom. The Bertz CT molecular complexity index is 653. The lowest BCUT2D eigenvalue weighted by Gasteiger charge is -2.55. The maximum atomic E-state index is 5.66. The average molecular weight is 367 g/mol. The number of ether oxygens (including phenoxy) is 1. The number of pyridine rings is 1. The number of rotatable bonds is 6. The number of methoxy groups -OCH3 is 1. The molecule has 0 bridgehead atoms. The smallest absolute Gasteiger partial charge is 0.175 e. The number of nitrogens with zero attached hydrogens (tertiary/aromatic N) is 3. The van der Waals surface area contributed by atoms with Gasteiger partial charge in [0.05, 0.1) is 17.1 Å². The Morgan fingerprint density at radius 3 is 2.86 bits per heavy atom. The van der Waals surface area contributed by atoms with Crippen LogP contribution < -0.4 is 5.32 Å². The molecular weight excluding hydrogens is 344 g/mol. The van der Waals surface area contributed by atoms with Gasteiger partial charge in [-0.05, 0) is 47.3 Å². The number of aromatic nitrogens is 3. The molecule has 22 heavy (non-hydrogen) atoms. The quantitative estimate of drug-likeness (QED) is 0.852. The molecule has 1 N–H and O–H groups in total. The molecule has 120 valence electrons. The fraction of sp³-hybridized carbons (Fsp3) is 0.625. The summed E-state index contributed by atoms with van der Waals surface area (Å²) in [7, 11) is 1.82. The van der Waals surface area contributed by atoms with Crippen molar-refractivity contribution in [1.82, 2.24) is 19.9 Å². The van der Waals surface area contributed by atoms with Crippen LogP contribution in [0.15, 0.2) is 22.8 Å². The van der Waals surface area contributed by atoms with Crippen molar-refractivity contribution in [3.8, 4) is 0 Å². The fourth-order valence-corrected chi connectivity index (χ4v) is 4.25. The number of hydrogen-bond acceptors (Lipinski definition) is 4. The molecule has 1 fully saturated rings. The molecule has 2 atom stereocenters. The van der Waals surface area contributed by atoms with Crippen molar-refractivity contribution < 1.29 is 4.74 Å². The highest BCUT2D eigenvalue weighted by atomic mass is 79.9. The van der Waals surface area contributed by atoms with Crippen LogP contribution in [0.5, 0.6) is 0 Å². The van der Waals surface area contributed by atoms with Gasteiger partial charge in [-0.3, -0.25) is 4.40 Å². The van der Waals surface area contributed by atoms with E-state index in [9.17, 15) is 0 Å². The lowest BCUT2D eigenvalue weighted by atomic mass is 9.58. The molecule has 3 rings (SSSR count). The third-order valence-corrected chi connectivity index (χ3v) is 5.97. The topological polar surface area (TPSA) is 51.5 Å². The lowest BCUT2D eigenvalue weighted by molar-refractivity contribution is -0.124. The lowest BCUT2D eigenvalue weighted by Crippen LogP contribution is -2.63. The SMILES string of the molecule is CCC1(CC)C(NCc2nnc3c(Br)cccn23)CC1OC. The predicted molar refractivity (Wildman–Crippen MR) is 89.7 cm³/mol. The average Bonchev–Trinajstić information content (AvgIpc) is 2.93. The molecule has 2 heterocycles. The van der Waals surface area contributed by atoms with Crippen molar-refractivity contribution in [3.05, 3.63) is 28.6 Å². The number of fused-ring (bicyclic) bond motifs is 1. The van der Waals surface area contributed by atoms with Gasteiger partial charge in [0.2, 0.25) is 0 Å². The van der Waals surface area contributed by atoms with Crippen LogP contribution in [-0.2, 0) is 11.3 Å². The standard InChI is InChI=1S/C16H23BrN4O/c1-4-16(5-2)12(9-13(16)22-3)18-10-14-19-20-15-11(17)7-6-8-21(14)15/h6-8,12-13,18H,4-5,9-10H2,1-3H3. The molecule has 2 unspecified atom stereocenters. The summed E-state index contributed by atoms with van der Waals surface area (Å²) in [5, 5.41) is 12.2. The first-order valence-electron chi connectivity index (χ1n) is 7.90. The molecular formula is C16H23BrN4O. The molecule has 0 aromatic carbocycles. The zero-order valence-corrected chi connectivity index (χ0v) is 14.9. The van der Waals surface area contributed by atoms with Crippen LogP contribution in [0.1, 0.15) is 38.9 Å². The first kappa shape index (κ1) is 15.9. The highest BCUT2D eigenvalue weighted by Crippen LogP contribution is 2.48. The van der Waals surface area contributed by atoms with Crippen molar-refractivity contribution >= 4 is 21.6 Å². The van der Waals surface area contributed by atoms with Gasteiger partial charge in [0, 0.05) is 24.8 Å². The third kappa shape index (κ3) is 2.37. The van der Waals surface area contributed by atoms with Crippen molar-refractivity contribution in [2.45, 2.75) is 51.8 Å². The minimum Gasteiger partial charge on any atom is -0.381 e. The van der Waals surface area contributed by atoms with E-state index in [1.807, 2.05) is 29.8 Å². The van der Waals surface area contributed by atoms with Crippen LogP contribution in [0.2, 0.25) is 0 Å². The zero-order chi connectivity index (χ0) is 15.7. The predicted octanol–water partition coefficient (Wildman–Crippen LogP) is 3.18. The maximum Gasteiger partial charge on any atom is 0.175 e. The molecule has 0 saturated heterocycles. The van der Waals surface area contributed by atoms with E-state index < -0.39 is 0 Å². The number of halogens is 1. The summed E-state index contributed by atoms with van der Waals surface area (Å²) in [4.78, 5) is 0. The Morgan fingerprint density at radius 2 is 2.18 bits per heavy atom. The fourth-order valence-electron chi connectivity index (χ4n) is 3.83. The second kappa shape index (κ2) is 6.26. The van der Waals surface area contributed by atoms with E-state index in [4.69, 9.17) is 4.74 Å². The molecule has 1 aliphatic carbocycles. The van der Waals surface area contributed by atoms with E-state index in [-0.39, 0.29) is 5.41 Å². The van der Waals surface area contributed by atoms with E-state index in [0.29, 0.717) is 12.1 Å². The van der Waals surface area contributed by atoms with Crippen molar-refractivity contribution in [2.75, 3.05) is 7.11 Å². The van der Waals surface area contributed by atoms with E-state index in [1.54, 1.807) is 0 Å². The Balaban J connectivity index is 1.73. The molecule has 1 saturated carbocycles. The summed E-state index contributed by atoms with van der Waals surface area (Å²) in [6, 6.07) is 4.46. The zero-order valence-electron chi connectivity index (χ0n) is 13.3. The molecule has 6 heteroatoms. The first-order chi connectivity index (χ1) is 10.7. The monoisotopic (exact) mass is 366 g/mol. The van der Waals surface area contributed by atoms with Crippen molar-refractivity contribution in [2.24, 2.45) is 5.41 Å². The highest BCUT2D eigenvalue weighted by Gasteiger charge is 2.52. The van der Waals surface area contributed by atoms with Gasteiger partial charge in [-0.15, -0.1) is 10.2 Å². The Hall–Kier alpha value is -0.980. The number of nitrogens with one attached hydrogen (secondary N) is 1. The molecule has 0 aliphatic heterocycles. The minimum atomic E-state index is 0.246. The molecule has 2 aromatic heterocycles. The third-order valence-electron chi connectivity index (χ3n) is 5.35. The summed E-state index contributed by atoms with van der Waals surface area (Å²) >= 11 is 3.51. The van der Waals surface area contributed by atoms with Crippen LogP contribution in [0, 0.1) is 5.41 Å².